The number of rotatable bonds is 4. The lowest BCUT2D eigenvalue weighted by atomic mass is 10.1. The highest BCUT2D eigenvalue weighted by Gasteiger charge is 2.37. The number of nitrogens with one attached hydrogen (secondary N) is 1. The highest BCUT2D eigenvalue weighted by atomic mass is 19.4. The van der Waals surface area contributed by atoms with Crippen molar-refractivity contribution >= 4 is 11.6 Å². The van der Waals surface area contributed by atoms with E-state index in [-0.39, 0.29) is 29.5 Å². The monoisotopic (exact) mass is 377 g/mol. The largest absolute Gasteiger partial charge is 0.418 e. The zero-order valence-corrected chi connectivity index (χ0v) is 14.1. The molecule has 4 nitrogen and oxygen atoms in total. The van der Waals surface area contributed by atoms with Crippen LogP contribution in [0.15, 0.2) is 42.5 Å². The number of amides is 1. The molecule has 2 aromatic rings. The second-order valence-electron chi connectivity index (χ2n) is 6.24. The van der Waals surface area contributed by atoms with Gasteiger partial charge in [0.25, 0.3) is 0 Å². The lowest BCUT2D eigenvalue weighted by Gasteiger charge is -2.20. The summed E-state index contributed by atoms with van der Waals surface area (Å²) in [6.07, 6.45) is -4.28. The molecule has 1 saturated heterocycles. The summed E-state index contributed by atoms with van der Waals surface area (Å²) in [5.74, 6) is -0.724. The number of carbonyl (C=O) groups excluding carboxylic acids is 1. The minimum absolute atomic E-state index is 0.0686. The van der Waals surface area contributed by atoms with Crippen molar-refractivity contribution in [1.29, 1.82) is 5.26 Å². The number of alkyl halides is 3. The van der Waals surface area contributed by atoms with Gasteiger partial charge in [-0.05, 0) is 42.3 Å². The van der Waals surface area contributed by atoms with Gasteiger partial charge in [-0.3, -0.25) is 4.79 Å². The van der Waals surface area contributed by atoms with Crippen LogP contribution in [0, 0.1) is 17.1 Å². The molecule has 1 aliphatic rings. The van der Waals surface area contributed by atoms with Crippen molar-refractivity contribution in [3.8, 4) is 6.07 Å². The van der Waals surface area contributed by atoms with Crippen molar-refractivity contribution < 1.29 is 22.4 Å². The molecular weight excluding hydrogens is 362 g/mol. The Labute approximate surface area is 153 Å². The van der Waals surface area contributed by atoms with Crippen LogP contribution in [0.1, 0.15) is 23.1 Å². The molecule has 1 unspecified atom stereocenters. The summed E-state index contributed by atoms with van der Waals surface area (Å²) in [6, 6.07) is 9.68. The van der Waals surface area contributed by atoms with E-state index in [1.165, 1.54) is 17.0 Å². The van der Waals surface area contributed by atoms with E-state index >= 15 is 0 Å². The third-order valence-corrected chi connectivity index (χ3v) is 4.37. The quantitative estimate of drug-likeness (QED) is 0.822. The van der Waals surface area contributed by atoms with E-state index in [1.54, 1.807) is 18.2 Å². The maximum atomic E-state index is 13.2. The molecule has 0 saturated carbocycles. The maximum absolute atomic E-state index is 13.2. The van der Waals surface area contributed by atoms with Gasteiger partial charge in [-0.2, -0.15) is 18.4 Å². The molecule has 8 heteroatoms. The predicted octanol–water partition coefficient (Wildman–Crippen LogP) is 3.93. The Balaban J connectivity index is 1.76. The number of anilines is 1. The maximum Gasteiger partial charge on any atom is 0.418 e. The zero-order chi connectivity index (χ0) is 19.6. The fourth-order valence-electron chi connectivity index (χ4n) is 3.01. The summed E-state index contributed by atoms with van der Waals surface area (Å²) in [7, 11) is 0. The summed E-state index contributed by atoms with van der Waals surface area (Å²) in [6.45, 7) is 0.620. The fourth-order valence-corrected chi connectivity index (χ4v) is 3.01. The number of likely N-dealkylation sites (tertiary alicyclic amines) is 1. The molecule has 1 heterocycles. The predicted molar refractivity (Wildman–Crippen MR) is 90.0 cm³/mol. The smallest absolute Gasteiger partial charge is 0.373 e. The second kappa shape index (κ2) is 7.27. The molecule has 1 atom stereocenters. The molecule has 27 heavy (non-hydrogen) atoms. The average molecular weight is 377 g/mol. The highest BCUT2D eigenvalue weighted by molar-refractivity contribution is 5.87. The van der Waals surface area contributed by atoms with Crippen molar-refractivity contribution in [2.24, 2.45) is 0 Å². The van der Waals surface area contributed by atoms with Crippen molar-refractivity contribution in [1.82, 2.24) is 4.90 Å². The lowest BCUT2D eigenvalue weighted by molar-refractivity contribution is -0.137. The number of nitrogens with zero attached hydrogens (tertiary/aromatic N) is 2. The fraction of sp³-hybridized carbons (Fsp3) is 0.263. The van der Waals surface area contributed by atoms with Crippen LogP contribution in [-0.4, -0.2) is 23.4 Å². The van der Waals surface area contributed by atoms with Gasteiger partial charge < -0.3 is 10.2 Å². The summed E-state index contributed by atoms with van der Waals surface area (Å²) < 4.78 is 52.6. The van der Waals surface area contributed by atoms with Crippen LogP contribution in [0.2, 0.25) is 0 Å². The van der Waals surface area contributed by atoms with E-state index < -0.39 is 17.8 Å². The first-order chi connectivity index (χ1) is 12.8. The van der Waals surface area contributed by atoms with Crippen LogP contribution in [0.5, 0.6) is 0 Å². The van der Waals surface area contributed by atoms with E-state index in [0.29, 0.717) is 13.0 Å². The van der Waals surface area contributed by atoms with Crippen molar-refractivity contribution in [2.75, 3.05) is 11.9 Å². The first-order valence-corrected chi connectivity index (χ1v) is 8.19. The van der Waals surface area contributed by atoms with Crippen molar-refractivity contribution in [3.63, 3.8) is 0 Å². The van der Waals surface area contributed by atoms with Crippen LogP contribution < -0.4 is 5.32 Å². The molecule has 1 N–H and O–H groups in total. The third kappa shape index (κ3) is 4.19. The molecule has 2 aromatic carbocycles. The van der Waals surface area contributed by atoms with Crippen LogP contribution >= 0.6 is 0 Å². The van der Waals surface area contributed by atoms with E-state index in [1.807, 2.05) is 0 Å². The molecule has 1 fully saturated rings. The molecule has 0 aromatic heterocycles. The zero-order valence-electron chi connectivity index (χ0n) is 14.1. The normalized spacial score (nSPS) is 17.1. The number of nitriles is 1. The SMILES string of the molecule is N#Cc1ccc(C(F)(F)F)c(NC2CCN(Cc3ccc(F)cc3)C2=O)c1. The first kappa shape index (κ1) is 18.7. The number of benzene rings is 2. The summed E-state index contributed by atoms with van der Waals surface area (Å²) in [5.41, 5.74) is -0.415. The second-order valence-corrected chi connectivity index (χ2v) is 6.24. The van der Waals surface area contributed by atoms with Gasteiger partial charge in [-0.25, -0.2) is 4.39 Å². The van der Waals surface area contributed by atoms with Crippen LogP contribution in [-0.2, 0) is 17.5 Å². The van der Waals surface area contributed by atoms with Crippen molar-refractivity contribution in [2.45, 2.75) is 25.2 Å². The minimum atomic E-state index is -4.61. The number of halogens is 4. The van der Waals surface area contributed by atoms with E-state index in [2.05, 4.69) is 5.32 Å². The Morgan fingerprint density at radius 3 is 2.52 bits per heavy atom. The third-order valence-electron chi connectivity index (χ3n) is 4.37. The van der Waals surface area contributed by atoms with Crippen molar-refractivity contribution in [3.05, 3.63) is 65.0 Å². The Kier molecular flexibility index (Phi) is 5.04. The molecule has 1 aliphatic heterocycles. The molecule has 3 rings (SSSR count). The summed E-state index contributed by atoms with van der Waals surface area (Å²) in [5, 5.41) is 11.6. The number of hydrogen-bond donors (Lipinski definition) is 1. The molecule has 140 valence electrons. The first-order valence-electron chi connectivity index (χ1n) is 8.19. The molecule has 1 amide bonds. The van der Waals surface area contributed by atoms with Crippen LogP contribution in [0.3, 0.4) is 0 Å². The molecule has 0 spiro atoms. The highest BCUT2D eigenvalue weighted by Crippen LogP contribution is 2.36. The molecule has 0 radical (unpaired) electrons. The Bertz CT molecular complexity index is 887. The average Bonchev–Trinajstić information content (AvgIpc) is 2.96. The molecular formula is C19H15F4N3O. The minimum Gasteiger partial charge on any atom is -0.373 e. The van der Waals surface area contributed by atoms with Gasteiger partial charge in [-0.1, -0.05) is 12.1 Å². The van der Waals surface area contributed by atoms with Gasteiger partial charge in [0.1, 0.15) is 11.9 Å². The number of hydrogen-bond acceptors (Lipinski definition) is 3. The lowest BCUT2D eigenvalue weighted by Crippen LogP contribution is -2.33. The van der Waals surface area contributed by atoms with E-state index in [4.69, 9.17) is 5.26 Å². The Morgan fingerprint density at radius 1 is 1.19 bits per heavy atom. The van der Waals surface area contributed by atoms with Gasteiger partial charge in [0, 0.05) is 18.8 Å². The van der Waals surface area contributed by atoms with Gasteiger partial charge in [0.15, 0.2) is 0 Å². The van der Waals surface area contributed by atoms with Crippen LogP contribution in [0.4, 0.5) is 23.2 Å². The Hall–Kier alpha value is -3.08. The topological polar surface area (TPSA) is 56.1 Å². The Morgan fingerprint density at radius 2 is 1.89 bits per heavy atom. The van der Waals surface area contributed by atoms with Gasteiger partial charge >= 0.3 is 6.18 Å². The van der Waals surface area contributed by atoms with E-state index in [0.717, 1.165) is 23.8 Å². The van der Waals surface area contributed by atoms with Gasteiger partial charge in [-0.15, -0.1) is 0 Å². The van der Waals surface area contributed by atoms with Crippen LogP contribution in [0.25, 0.3) is 0 Å². The van der Waals surface area contributed by atoms with Gasteiger partial charge in [0.2, 0.25) is 5.91 Å². The molecule has 0 bridgehead atoms. The standard InChI is InChI=1S/C19H15F4N3O/c20-14-4-1-12(2-5-14)11-26-8-7-16(18(26)27)25-17-9-13(10-24)3-6-15(17)19(21,22)23/h1-6,9,16,25H,7-8,11H2. The van der Waals surface area contributed by atoms with Gasteiger partial charge in [0.05, 0.1) is 17.2 Å². The molecule has 0 aliphatic carbocycles. The number of carbonyl (C=O) groups is 1. The summed E-state index contributed by atoms with van der Waals surface area (Å²) >= 11 is 0. The van der Waals surface area contributed by atoms with E-state index in [9.17, 15) is 22.4 Å². The summed E-state index contributed by atoms with van der Waals surface area (Å²) in [4.78, 5) is 14.0.